The van der Waals surface area contributed by atoms with Crippen LogP contribution in [0.15, 0.2) is 17.0 Å². The minimum atomic E-state index is -4.59. The van der Waals surface area contributed by atoms with Crippen molar-refractivity contribution in [3.05, 3.63) is 17.7 Å². The van der Waals surface area contributed by atoms with Crippen molar-refractivity contribution in [1.29, 1.82) is 0 Å². The van der Waals surface area contributed by atoms with Crippen molar-refractivity contribution >= 4 is 10.1 Å². The number of hydrogen-bond donors (Lipinski definition) is 0. The second-order valence-corrected chi connectivity index (χ2v) is 7.63. The molecule has 0 unspecified atom stereocenters. The second-order valence-electron chi connectivity index (χ2n) is 6.28. The summed E-state index contributed by atoms with van der Waals surface area (Å²) in [5.41, 5.74) is 0.431. The molecule has 0 aliphatic rings. The average molecular weight is 411 g/mol. The van der Waals surface area contributed by atoms with Gasteiger partial charge in [0.1, 0.15) is 10.1 Å². The van der Waals surface area contributed by atoms with E-state index in [4.69, 9.17) is 14.2 Å². The van der Waals surface area contributed by atoms with Crippen molar-refractivity contribution in [3.63, 3.8) is 0 Å². The van der Waals surface area contributed by atoms with Crippen LogP contribution < -0.4 is 39.0 Å². The molecule has 6 nitrogen and oxygen atoms in total. The van der Waals surface area contributed by atoms with Gasteiger partial charge < -0.3 is 18.8 Å². The van der Waals surface area contributed by atoms with Gasteiger partial charge in [-0.25, -0.2) is 8.42 Å². The monoisotopic (exact) mass is 410 g/mol. The Balaban J connectivity index is 0.00000676. The summed E-state index contributed by atoms with van der Waals surface area (Å²) in [5.74, 6) is 0.738. The molecule has 0 atom stereocenters. The first-order valence-corrected chi connectivity index (χ1v) is 10.6. The van der Waals surface area contributed by atoms with E-state index >= 15 is 0 Å². The van der Waals surface area contributed by atoms with Crippen LogP contribution >= 0.6 is 0 Å². The van der Waals surface area contributed by atoms with E-state index < -0.39 is 10.1 Å². The van der Waals surface area contributed by atoms with Crippen LogP contribution in [-0.4, -0.2) is 40.4 Å². The van der Waals surface area contributed by atoms with Crippen LogP contribution in [-0.2, 0) is 21.3 Å². The Morgan fingerprint density at radius 3 is 2.19 bits per heavy atom. The summed E-state index contributed by atoms with van der Waals surface area (Å²) >= 11 is 0. The zero-order valence-corrected chi connectivity index (χ0v) is 19.9. The van der Waals surface area contributed by atoms with Crippen LogP contribution in [0.1, 0.15) is 57.4 Å². The van der Waals surface area contributed by atoms with E-state index in [1.54, 1.807) is 13.2 Å². The predicted molar refractivity (Wildman–Crippen MR) is 100 cm³/mol. The molecule has 1 aromatic carbocycles. The summed E-state index contributed by atoms with van der Waals surface area (Å²) in [7, 11) is -1.52. The van der Waals surface area contributed by atoms with E-state index in [-0.39, 0.29) is 34.5 Å². The number of methoxy groups -OCH3 is 2. The van der Waals surface area contributed by atoms with Crippen molar-refractivity contribution in [1.82, 2.24) is 0 Å². The van der Waals surface area contributed by atoms with Crippen molar-refractivity contribution in [2.24, 2.45) is 0 Å². The normalized spacial score (nSPS) is 11.1. The molecule has 0 N–H and O–H groups in total. The summed E-state index contributed by atoms with van der Waals surface area (Å²) in [6.07, 6.45) is 7.78. The number of benzene rings is 1. The Morgan fingerprint density at radius 1 is 0.926 bits per heavy atom. The molecule has 0 fully saturated rings. The number of unbranched alkanes of at least 4 members (excludes halogenated alkanes) is 5. The summed E-state index contributed by atoms with van der Waals surface area (Å²) in [6, 6.07) is 2.87. The zero-order chi connectivity index (χ0) is 19.4. The number of hydrogen-bond acceptors (Lipinski definition) is 6. The van der Waals surface area contributed by atoms with Crippen molar-refractivity contribution in [2.75, 3.05) is 27.4 Å². The predicted octanol–water partition coefficient (Wildman–Crippen LogP) is 0.922. The molecule has 150 valence electrons. The third-order valence-corrected chi connectivity index (χ3v) is 5.08. The summed E-state index contributed by atoms with van der Waals surface area (Å²) in [6.45, 7) is 3.12. The largest absolute Gasteiger partial charge is 1.00 e. The van der Waals surface area contributed by atoms with E-state index in [2.05, 4.69) is 6.92 Å². The maximum atomic E-state index is 11.6. The third kappa shape index (κ3) is 10.1. The molecule has 8 heteroatoms. The van der Waals surface area contributed by atoms with Gasteiger partial charge in [0.2, 0.25) is 0 Å². The number of aryl methyl sites for hydroxylation is 1. The summed E-state index contributed by atoms with van der Waals surface area (Å²) < 4.78 is 50.9. The van der Waals surface area contributed by atoms with Crippen molar-refractivity contribution < 1.29 is 56.7 Å². The molecular formula is C19H31NaO6S. The summed E-state index contributed by atoms with van der Waals surface area (Å²) in [4.78, 5) is -0.243. The van der Waals surface area contributed by atoms with Gasteiger partial charge in [-0.05, 0) is 30.9 Å². The fourth-order valence-electron chi connectivity index (χ4n) is 2.76. The minimum absolute atomic E-state index is 0. The Bertz CT molecular complexity index is 633. The molecule has 0 saturated heterocycles. The van der Waals surface area contributed by atoms with E-state index in [9.17, 15) is 13.0 Å². The van der Waals surface area contributed by atoms with Gasteiger partial charge in [-0.2, -0.15) is 0 Å². The average Bonchev–Trinajstić information content (AvgIpc) is 2.60. The van der Waals surface area contributed by atoms with Gasteiger partial charge in [0.15, 0.2) is 11.5 Å². The first kappa shape index (κ1) is 26.7. The molecule has 0 saturated carbocycles. The molecule has 27 heavy (non-hydrogen) atoms. The SMILES string of the molecule is CCCCCCCCOc1cc(S(=O)(=O)[O-])c(CCCOC)cc1OC.[Na+]. The fraction of sp³-hybridized carbons (Fsp3) is 0.684. The Morgan fingerprint density at radius 2 is 1.59 bits per heavy atom. The van der Waals surface area contributed by atoms with Gasteiger partial charge in [-0.1, -0.05) is 39.0 Å². The van der Waals surface area contributed by atoms with Gasteiger partial charge >= 0.3 is 29.6 Å². The molecule has 1 aromatic rings. The van der Waals surface area contributed by atoms with Crippen LogP contribution in [0.25, 0.3) is 0 Å². The van der Waals surface area contributed by atoms with Gasteiger partial charge in [0, 0.05) is 19.8 Å². The molecule has 0 amide bonds. The van der Waals surface area contributed by atoms with Crippen LogP contribution in [0, 0.1) is 0 Å². The Labute approximate surface area is 186 Å². The first-order valence-electron chi connectivity index (χ1n) is 9.22. The van der Waals surface area contributed by atoms with Crippen LogP contribution in [0.4, 0.5) is 0 Å². The maximum absolute atomic E-state index is 11.6. The second kappa shape index (κ2) is 14.7. The molecule has 0 radical (unpaired) electrons. The number of ether oxygens (including phenoxy) is 3. The van der Waals surface area contributed by atoms with Crippen molar-refractivity contribution in [3.8, 4) is 11.5 Å². The zero-order valence-electron chi connectivity index (χ0n) is 17.1. The third-order valence-electron chi connectivity index (χ3n) is 4.17. The molecule has 0 heterocycles. The van der Waals surface area contributed by atoms with Gasteiger partial charge in [-0.3, -0.25) is 0 Å². The van der Waals surface area contributed by atoms with Crippen LogP contribution in [0.3, 0.4) is 0 Å². The van der Waals surface area contributed by atoms with Crippen LogP contribution in [0.5, 0.6) is 11.5 Å². The Kier molecular flexibility index (Phi) is 14.5. The van der Waals surface area contributed by atoms with Crippen molar-refractivity contribution in [2.45, 2.75) is 63.2 Å². The molecule has 0 aliphatic heterocycles. The van der Waals surface area contributed by atoms with E-state index in [1.807, 2.05) is 0 Å². The molecular weight excluding hydrogens is 379 g/mol. The molecule has 1 rings (SSSR count). The fourth-order valence-corrected chi connectivity index (χ4v) is 3.49. The molecule has 0 spiro atoms. The molecule has 0 aliphatic carbocycles. The topological polar surface area (TPSA) is 84.9 Å². The minimum Gasteiger partial charge on any atom is -0.744 e. The first-order chi connectivity index (χ1) is 12.4. The van der Waals surface area contributed by atoms with E-state index in [0.29, 0.717) is 43.1 Å². The van der Waals surface area contributed by atoms with Gasteiger partial charge in [0.05, 0.1) is 18.6 Å². The van der Waals surface area contributed by atoms with Gasteiger partial charge in [-0.15, -0.1) is 0 Å². The quantitative estimate of drug-likeness (QED) is 0.258. The maximum Gasteiger partial charge on any atom is 1.00 e. The van der Waals surface area contributed by atoms with Crippen LogP contribution in [0.2, 0.25) is 0 Å². The van der Waals surface area contributed by atoms with E-state index in [0.717, 1.165) is 19.3 Å². The standard InChI is InChI=1S/C19H32O6S.Na/c1-4-5-6-7-8-9-13-25-18-15-19(26(20,21)22)16(11-10-12-23-2)14-17(18)24-3;/h14-15H,4-13H2,1-3H3,(H,20,21,22);/q;+1/p-1. The van der Waals surface area contributed by atoms with E-state index in [1.165, 1.54) is 32.4 Å². The smallest absolute Gasteiger partial charge is 0.744 e. The molecule has 0 aromatic heterocycles. The molecule has 0 bridgehead atoms. The Hall–Kier alpha value is -0.310. The summed E-state index contributed by atoms with van der Waals surface area (Å²) in [5, 5.41) is 0. The van der Waals surface area contributed by atoms with Gasteiger partial charge in [0.25, 0.3) is 0 Å². The number of rotatable bonds is 14.